The Balaban J connectivity index is 0.000000194. The molecule has 0 aliphatic heterocycles. The van der Waals surface area contributed by atoms with Crippen LogP contribution in [0.25, 0.3) is 0 Å². The molecule has 21 heavy (non-hydrogen) atoms. The van der Waals surface area contributed by atoms with E-state index < -0.39 is 0 Å². The number of aryl methyl sites for hydroxylation is 1. The van der Waals surface area contributed by atoms with Gasteiger partial charge in [-0.3, -0.25) is 4.79 Å². The van der Waals surface area contributed by atoms with Crippen molar-refractivity contribution in [3.8, 4) is 0 Å². The van der Waals surface area contributed by atoms with Gasteiger partial charge in [0, 0.05) is 21.6 Å². The van der Waals surface area contributed by atoms with Crippen LogP contribution in [0.4, 0.5) is 0 Å². The molecule has 1 aromatic carbocycles. The number of thioether (sulfide) groups is 1. The normalized spacial score (nSPS) is 17.9. The molecule has 2 fully saturated rings. The summed E-state index contributed by atoms with van der Waals surface area (Å²) in [5.41, 5.74) is 7.41. The monoisotopic (exact) mass is 305 g/mol. The number of nitrogens with two attached hydrogens (primary N) is 2. The minimum absolute atomic E-state index is 0.519. The van der Waals surface area contributed by atoms with Crippen LogP contribution < -0.4 is 11.6 Å². The van der Waals surface area contributed by atoms with E-state index in [1.54, 1.807) is 0 Å². The summed E-state index contributed by atoms with van der Waals surface area (Å²) in [5.74, 6) is 6.01. The molecule has 2 aliphatic carbocycles. The van der Waals surface area contributed by atoms with Crippen LogP contribution in [0, 0.1) is 5.92 Å². The first-order chi connectivity index (χ1) is 10.2. The molecule has 114 valence electrons. The van der Waals surface area contributed by atoms with Crippen LogP contribution in [-0.4, -0.2) is 17.4 Å². The molecular formula is C16H23N3OS. The third kappa shape index (κ3) is 5.08. The van der Waals surface area contributed by atoms with Crippen LogP contribution in [-0.2, 0) is 6.42 Å². The molecule has 0 unspecified atom stereocenters. The van der Waals surface area contributed by atoms with E-state index in [0.717, 1.165) is 23.5 Å². The minimum Gasteiger partial charge on any atom is -0.386 e. The highest BCUT2D eigenvalue weighted by atomic mass is 32.2. The molecule has 4 nitrogen and oxygen atoms in total. The summed E-state index contributed by atoms with van der Waals surface area (Å²) in [5, 5.41) is 4.18. The van der Waals surface area contributed by atoms with Crippen molar-refractivity contribution in [1.29, 1.82) is 0 Å². The molecule has 0 heterocycles. The summed E-state index contributed by atoms with van der Waals surface area (Å²) < 4.78 is 0. The number of carbonyl (C=O) groups is 1. The van der Waals surface area contributed by atoms with Gasteiger partial charge in [-0.05, 0) is 49.8 Å². The maximum absolute atomic E-state index is 10.6. The molecule has 0 amide bonds. The molecular weight excluding hydrogens is 282 g/mol. The number of rotatable bonds is 5. The smallest absolute Gasteiger partial charge is 0.150 e. The van der Waals surface area contributed by atoms with Gasteiger partial charge >= 0.3 is 0 Å². The summed E-state index contributed by atoms with van der Waals surface area (Å²) in [6, 6.07) is 6.01. The Labute approximate surface area is 130 Å². The number of carbonyl (C=O) groups excluding carboxylic acids is 1. The fourth-order valence-electron chi connectivity index (χ4n) is 1.91. The molecule has 1 aromatic rings. The van der Waals surface area contributed by atoms with Crippen LogP contribution >= 0.6 is 11.8 Å². The predicted molar refractivity (Wildman–Crippen MR) is 88.6 cm³/mol. The van der Waals surface area contributed by atoms with Crippen molar-refractivity contribution in [2.75, 3.05) is 0 Å². The average Bonchev–Trinajstić information content (AvgIpc) is 3.40. The Bertz CT molecular complexity index is 522. The Morgan fingerprint density at radius 2 is 2.10 bits per heavy atom. The molecule has 0 radical (unpaired) electrons. The number of aldehydes is 1. The van der Waals surface area contributed by atoms with Gasteiger partial charge in [-0.15, -0.1) is 11.8 Å². The number of hydrazone groups is 1. The molecule has 4 N–H and O–H groups in total. The highest BCUT2D eigenvalue weighted by molar-refractivity contribution is 8.00. The fraction of sp³-hybridized carbons (Fsp3) is 0.500. The Morgan fingerprint density at radius 1 is 1.38 bits per heavy atom. The summed E-state index contributed by atoms with van der Waals surface area (Å²) in [6.45, 7) is 2.14. The zero-order chi connectivity index (χ0) is 15.2. The van der Waals surface area contributed by atoms with E-state index in [-0.39, 0.29) is 0 Å². The van der Waals surface area contributed by atoms with Gasteiger partial charge in [-0.1, -0.05) is 13.0 Å². The Morgan fingerprint density at radius 3 is 2.52 bits per heavy atom. The number of nitrogens with zero attached hydrogens (tertiary/aromatic N) is 1. The molecule has 0 aromatic heterocycles. The lowest BCUT2D eigenvalue weighted by molar-refractivity contribution is 0.112. The fourth-order valence-corrected chi connectivity index (χ4v) is 3.15. The molecule has 5 heteroatoms. The molecule has 2 aliphatic rings. The van der Waals surface area contributed by atoms with Gasteiger partial charge in [0.05, 0.1) is 0 Å². The Hall–Kier alpha value is -1.49. The standard InChI is InChI=1S/C12H14OS.C4H9N3/c1-2-10-7-9(8-13)3-6-12(10)14-11-4-5-11;5-4(7-6)3-1-2-3/h3,6-8,11H,2,4-5H2,1H3;3H,1-2,6H2,(H2,5,7). The van der Waals surface area contributed by atoms with E-state index in [0.29, 0.717) is 11.8 Å². The van der Waals surface area contributed by atoms with Crippen LogP contribution in [0.3, 0.4) is 0 Å². The van der Waals surface area contributed by atoms with E-state index >= 15 is 0 Å². The maximum atomic E-state index is 10.6. The zero-order valence-corrected chi connectivity index (χ0v) is 13.2. The molecule has 3 rings (SSSR count). The maximum Gasteiger partial charge on any atom is 0.150 e. The van der Waals surface area contributed by atoms with Gasteiger partial charge in [-0.25, -0.2) is 0 Å². The van der Waals surface area contributed by atoms with E-state index in [2.05, 4.69) is 18.1 Å². The SMILES string of the molecule is CCc1cc(C=O)ccc1SC1CC1.N/N=C(\N)C1CC1. The lowest BCUT2D eigenvalue weighted by Crippen LogP contribution is -2.15. The summed E-state index contributed by atoms with van der Waals surface area (Å²) in [4.78, 5) is 12.0. The summed E-state index contributed by atoms with van der Waals surface area (Å²) in [6.07, 6.45) is 6.98. The van der Waals surface area contributed by atoms with E-state index in [4.69, 9.17) is 11.6 Å². The third-order valence-corrected chi connectivity index (χ3v) is 5.02. The van der Waals surface area contributed by atoms with Crippen molar-refractivity contribution >= 4 is 23.9 Å². The lowest BCUT2D eigenvalue weighted by atomic mass is 10.1. The first kappa shape index (κ1) is 15.9. The molecule has 0 spiro atoms. The van der Waals surface area contributed by atoms with Crippen LogP contribution in [0.2, 0.25) is 0 Å². The number of amidine groups is 1. The van der Waals surface area contributed by atoms with Crippen molar-refractivity contribution < 1.29 is 4.79 Å². The third-order valence-electron chi connectivity index (χ3n) is 3.56. The van der Waals surface area contributed by atoms with Crippen molar-refractivity contribution in [3.63, 3.8) is 0 Å². The first-order valence-electron chi connectivity index (χ1n) is 7.46. The lowest BCUT2D eigenvalue weighted by Gasteiger charge is -2.06. The van der Waals surface area contributed by atoms with Crippen molar-refractivity contribution in [1.82, 2.24) is 0 Å². The highest BCUT2D eigenvalue weighted by Gasteiger charge is 2.25. The molecule has 0 saturated heterocycles. The van der Waals surface area contributed by atoms with Gasteiger partial charge < -0.3 is 11.6 Å². The van der Waals surface area contributed by atoms with Gasteiger partial charge in [0.1, 0.15) is 12.1 Å². The molecule has 0 atom stereocenters. The van der Waals surface area contributed by atoms with Gasteiger partial charge in [0.25, 0.3) is 0 Å². The topological polar surface area (TPSA) is 81.5 Å². The summed E-state index contributed by atoms with van der Waals surface area (Å²) in [7, 11) is 0. The van der Waals surface area contributed by atoms with E-state index in [9.17, 15) is 4.79 Å². The second kappa shape index (κ2) is 7.50. The minimum atomic E-state index is 0.519. The van der Waals surface area contributed by atoms with Crippen LogP contribution in [0.15, 0.2) is 28.2 Å². The Kier molecular flexibility index (Phi) is 5.67. The van der Waals surface area contributed by atoms with E-state index in [1.165, 1.54) is 36.1 Å². The zero-order valence-electron chi connectivity index (χ0n) is 12.4. The summed E-state index contributed by atoms with van der Waals surface area (Å²) >= 11 is 1.96. The second-order valence-electron chi connectivity index (χ2n) is 5.48. The first-order valence-corrected chi connectivity index (χ1v) is 8.33. The van der Waals surface area contributed by atoms with Crippen LogP contribution in [0.1, 0.15) is 48.5 Å². The van der Waals surface area contributed by atoms with Gasteiger partial charge in [0.15, 0.2) is 0 Å². The predicted octanol–water partition coefficient (Wildman–Crippen LogP) is 2.94. The van der Waals surface area contributed by atoms with Crippen molar-refractivity contribution in [2.24, 2.45) is 22.6 Å². The molecule has 0 bridgehead atoms. The average molecular weight is 305 g/mol. The number of benzene rings is 1. The van der Waals surface area contributed by atoms with E-state index in [1.807, 2.05) is 23.9 Å². The highest BCUT2D eigenvalue weighted by Crippen LogP contribution is 2.40. The van der Waals surface area contributed by atoms with Gasteiger partial charge in [0.2, 0.25) is 0 Å². The second-order valence-corrected chi connectivity index (χ2v) is 6.83. The largest absolute Gasteiger partial charge is 0.386 e. The number of hydrogen-bond donors (Lipinski definition) is 2. The van der Waals surface area contributed by atoms with Crippen molar-refractivity contribution in [2.45, 2.75) is 49.2 Å². The van der Waals surface area contributed by atoms with Crippen LogP contribution in [0.5, 0.6) is 0 Å². The number of hydrogen-bond acceptors (Lipinski definition) is 4. The molecule has 2 saturated carbocycles. The van der Waals surface area contributed by atoms with Crippen molar-refractivity contribution in [3.05, 3.63) is 29.3 Å². The van der Waals surface area contributed by atoms with Gasteiger partial charge in [-0.2, -0.15) is 5.10 Å². The quantitative estimate of drug-likeness (QED) is 0.288.